The van der Waals surface area contributed by atoms with Crippen LogP contribution >= 0.6 is 0 Å². The average molecular weight is 323 g/mol. The van der Waals surface area contributed by atoms with Crippen molar-refractivity contribution in [2.75, 3.05) is 0 Å². The first-order valence-corrected chi connectivity index (χ1v) is 8.51. The van der Waals surface area contributed by atoms with Crippen molar-refractivity contribution in [1.29, 1.82) is 5.26 Å². The van der Waals surface area contributed by atoms with Gasteiger partial charge in [0.05, 0.1) is 21.4 Å². The predicted octanol–water partition coefficient (Wildman–Crippen LogP) is 3.04. The number of hydrogen-bond acceptors (Lipinski definition) is 4. The van der Waals surface area contributed by atoms with Crippen molar-refractivity contribution in [2.24, 2.45) is 0 Å². The minimum absolute atomic E-state index is 0.0751. The molecule has 1 heterocycles. The predicted molar refractivity (Wildman–Crippen MR) is 85.5 cm³/mol. The topological polar surface area (TPSA) is 75.0 Å². The van der Waals surface area contributed by atoms with Crippen LogP contribution in [-0.4, -0.2) is 14.2 Å². The average Bonchev–Trinajstić information content (AvgIpc) is 2.58. The second-order valence-electron chi connectivity index (χ2n) is 5.35. The molecule has 23 heavy (non-hydrogen) atoms. The van der Waals surface area contributed by atoms with E-state index in [0.717, 1.165) is 5.56 Å². The highest BCUT2D eigenvalue weighted by molar-refractivity contribution is 7.95. The number of rotatable bonds is 2. The number of benzene rings is 2. The molecular weight excluding hydrogens is 310 g/mol. The van der Waals surface area contributed by atoms with Crippen molar-refractivity contribution in [3.8, 4) is 6.07 Å². The van der Waals surface area contributed by atoms with Gasteiger partial charge in [-0.05, 0) is 36.8 Å². The number of nitriles is 1. The Labute approximate surface area is 134 Å². The SMILES string of the molecule is CC1=C(Cc2ccc(C#N)cc2)C(=O)c2ccccc2S1(=O)=O. The highest BCUT2D eigenvalue weighted by Crippen LogP contribution is 2.33. The number of nitrogens with zero attached hydrogens (tertiary/aromatic N) is 1. The highest BCUT2D eigenvalue weighted by Gasteiger charge is 2.34. The van der Waals surface area contributed by atoms with Crippen LogP contribution in [0.4, 0.5) is 0 Å². The molecule has 4 nitrogen and oxygen atoms in total. The molecule has 5 heteroatoms. The van der Waals surface area contributed by atoms with Gasteiger partial charge in [-0.2, -0.15) is 5.26 Å². The molecule has 0 N–H and O–H groups in total. The zero-order chi connectivity index (χ0) is 16.6. The van der Waals surface area contributed by atoms with Crippen LogP contribution in [0.15, 0.2) is 63.9 Å². The van der Waals surface area contributed by atoms with E-state index in [1.807, 2.05) is 6.07 Å². The van der Waals surface area contributed by atoms with Crippen molar-refractivity contribution in [1.82, 2.24) is 0 Å². The Bertz CT molecular complexity index is 978. The van der Waals surface area contributed by atoms with E-state index in [1.165, 1.54) is 13.0 Å². The zero-order valence-corrected chi connectivity index (χ0v) is 13.2. The lowest BCUT2D eigenvalue weighted by molar-refractivity contribution is 0.102. The highest BCUT2D eigenvalue weighted by atomic mass is 32.2. The minimum atomic E-state index is -3.63. The van der Waals surface area contributed by atoms with Gasteiger partial charge >= 0.3 is 0 Å². The molecule has 0 unspecified atom stereocenters. The summed E-state index contributed by atoms with van der Waals surface area (Å²) in [7, 11) is -3.63. The maximum absolute atomic E-state index is 12.7. The number of fused-ring (bicyclic) bond motifs is 1. The summed E-state index contributed by atoms with van der Waals surface area (Å²) < 4.78 is 25.2. The normalized spacial score (nSPS) is 15.9. The monoisotopic (exact) mass is 323 g/mol. The van der Waals surface area contributed by atoms with Crippen molar-refractivity contribution in [3.05, 3.63) is 75.7 Å². The fourth-order valence-electron chi connectivity index (χ4n) is 2.64. The molecule has 0 saturated heterocycles. The van der Waals surface area contributed by atoms with Gasteiger partial charge in [-0.1, -0.05) is 24.3 Å². The van der Waals surface area contributed by atoms with Crippen molar-refractivity contribution < 1.29 is 13.2 Å². The number of sulfone groups is 1. The molecule has 0 aromatic heterocycles. The lowest BCUT2D eigenvalue weighted by Gasteiger charge is -2.20. The first-order chi connectivity index (χ1) is 10.9. The van der Waals surface area contributed by atoms with Crippen LogP contribution < -0.4 is 0 Å². The number of ketones is 1. The van der Waals surface area contributed by atoms with Crippen LogP contribution in [-0.2, 0) is 16.3 Å². The summed E-state index contributed by atoms with van der Waals surface area (Å²) in [5.74, 6) is -0.253. The van der Waals surface area contributed by atoms with Crippen LogP contribution in [0.5, 0.6) is 0 Å². The molecule has 0 spiro atoms. The van der Waals surface area contributed by atoms with Gasteiger partial charge in [-0.25, -0.2) is 8.42 Å². The summed E-state index contributed by atoms with van der Waals surface area (Å²) in [6, 6.07) is 15.1. The van der Waals surface area contributed by atoms with Crippen molar-refractivity contribution in [2.45, 2.75) is 18.2 Å². The number of carbonyl (C=O) groups excluding carboxylic acids is 1. The molecule has 0 amide bonds. The first kappa shape index (κ1) is 15.2. The van der Waals surface area contributed by atoms with Crippen LogP contribution in [0.3, 0.4) is 0 Å². The molecule has 0 aliphatic carbocycles. The second kappa shape index (κ2) is 5.49. The maximum Gasteiger partial charge on any atom is 0.203 e. The van der Waals surface area contributed by atoms with Gasteiger partial charge in [-0.3, -0.25) is 4.79 Å². The van der Waals surface area contributed by atoms with Gasteiger partial charge in [0.15, 0.2) is 5.78 Å². The lowest BCUT2D eigenvalue weighted by Crippen LogP contribution is -2.22. The molecule has 2 aromatic carbocycles. The number of hydrogen-bond donors (Lipinski definition) is 0. The third-order valence-corrected chi connectivity index (χ3v) is 5.97. The van der Waals surface area contributed by atoms with Gasteiger partial charge in [0, 0.05) is 17.6 Å². The Hall–Kier alpha value is -2.71. The summed E-state index contributed by atoms with van der Waals surface area (Å²) in [6.07, 6.45) is 0.226. The van der Waals surface area contributed by atoms with E-state index < -0.39 is 9.84 Å². The second-order valence-corrected chi connectivity index (χ2v) is 7.41. The quantitative estimate of drug-likeness (QED) is 0.851. The molecule has 0 atom stereocenters. The zero-order valence-electron chi connectivity index (χ0n) is 12.4. The summed E-state index contributed by atoms with van der Waals surface area (Å²) in [4.78, 5) is 12.8. The fraction of sp³-hybridized carbons (Fsp3) is 0.111. The Kier molecular flexibility index (Phi) is 3.63. The smallest absolute Gasteiger partial charge is 0.203 e. The van der Waals surface area contributed by atoms with E-state index in [4.69, 9.17) is 5.26 Å². The standard InChI is InChI=1S/C18H13NO3S/c1-12-16(10-13-6-8-14(11-19)9-7-13)18(20)15-4-2-3-5-17(15)23(12,21)22/h2-9H,10H2,1H3. The maximum atomic E-state index is 12.7. The summed E-state index contributed by atoms with van der Waals surface area (Å²) in [6.45, 7) is 1.47. The van der Waals surface area contributed by atoms with Gasteiger partial charge in [0.1, 0.15) is 0 Å². The van der Waals surface area contributed by atoms with E-state index in [-0.39, 0.29) is 33.1 Å². The van der Waals surface area contributed by atoms with Gasteiger partial charge < -0.3 is 0 Å². The molecule has 1 aliphatic heterocycles. The van der Waals surface area contributed by atoms with E-state index >= 15 is 0 Å². The first-order valence-electron chi connectivity index (χ1n) is 7.03. The number of Topliss-reactive ketones (excluding diaryl/α,β-unsaturated/α-hetero) is 1. The Morgan fingerprint density at radius 1 is 1.04 bits per heavy atom. The largest absolute Gasteiger partial charge is 0.289 e. The number of allylic oxidation sites excluding steroid dienone is 2. The third kappa shape index (κ3) is 2.47. The molecule has 3 rings (SSSR count). The Balaban J connectivity index is 2.08. The van der Waals surface area contributed by atoms with Crippen LogP contribution in [0.1, 0.15) is 28.4 Å². The van der Waals surface area contributed by atoms with Crippen molar-refractivity contribution in [3.63, 3.8) is 0 Å². The molecule has 114 valence electrons. The van der Waals surface area contributed by atoms with Crippen LogP contribution in [0, 0.1) is 11.3 Å². The third-order valence-electron chi connectivity index (χ3n) is 3.99. The molecule has 0 saturated carbocycles. The Morgan fingerprint density at radius 2 is 1.70 bits per heavy atom. The van der Waals surface area contributed by atoms with E-state index in [2.05, 4.69) is 0 Å². The van der Waals surface area contributed by atoms with Gasteiger partial charge in [0.25, 0.3) is 0 Å². The van der Waals surface area contributed by atoms with Crippen LogP contribution in [0.2, 0.25) is 0 Å². The summed E-state index contributed by atoms with van der Waals surface area (Å²) in [5, 5.41) is 8.82. The fourth-order valence-corrected chi connectivity index (χ4v) is 4.17. The molecule has 0 radical (unpaired) electrons. The van der Waals surface area contributed by atoms with E-state index in [9.17, 15) is 13.2 Å². The minimum Gasteiger partial charge on any atom is -0.289 e. The van der Waals surface area contributed by atoms with E-state index in [1.54, 1.807) is 42.5 Å². The molecule has 2 aromatic rings. The Morgan fingerprint density at radius 3 is 2.35 bits per heavy atom. The van der Waals surface area contributed by atoms with E-state index in [0.29, 0.717) is 5.56 Å². The molecule has 0 bridgehead atoms. The molecule has 0 fully saturated rings. The summed E-state index contributed by atoms with van der Waals surface area (Å²) in [5.41, 5.74) is 1.82. The summed E-state index contributed by atoms with van der Waals surface area (Å²) >= 11 is 0. The lowest BCUT2D eigenvalue weighted by atomic mass is 9.96. The molecule has 1 aliphatic rings. The number of carbonyl (C=O) groups is 1. The van der Waals surface area contributed by atoms with Crippen molar-refractivity contribution >= 4 is 15.6 Å². The van der Waals surface area contributed by atoms with Gasteiger partial charge in [-0.15, -0.1) is 0 Å². The van der Waals surface area contributed by atoms with Gasteiger partial charge in [0.2, 0.25) is 9.84 Å². The molecular formula is C18H13NO3S. The van der Waals surface area contributed by atoms with Crippen LogP contribution in [0.25, 0.3) is 0 Å².